The van der Waals surface area contributed by atoms with Crippen molar-refractivity contribution < 1.29 is 27.9 Å². The lowest BCUT2D eigenvalue weighted by Crippen LogP contribution is -2.38. The Balaban J connectivity index is 1.38. The summed E-state index contributed by atoms with van der Waals surface area (Å²) >= 11 is 5.67. The molecule has 1 fully saturated rings. The minimum Gasteiger partial charge on any atom is -0.458 e. The van der Waals surface area contributed by atoms with Crippen molar-refractivity contribution in [1.82, 2.24) is 9.88 Å². The van der Waals surface area contributed by atoms with Crippen molar-refractivity contribution in [2.75, 3.05) is 18.4 Å². The number of carbonyl (C=O) groups excluding carboxylic acids is 3. The Morgan fingerprint density at radius 2 is 1.74 bits per heavy atom. The van der Waals surface area contributed by atoms with Crippen LogP contribution in [0.5, 0.6) is 0 Å². The van der Waals surface area contributed by atoms with Crippen LogP contribution in [0.15, 0.2) is 54.7 Å². The van der Waals surface area contributed by atoms with Gasteiger partial charge in [0.2, 0.25) is 0 Å². The number of rotatable bonds is 6. The average molecular weight is 542 g/mol. The lowest BCUT2D eigenvalue weighted by molar-refractivity contribution is 0.0364. The largest absolute Gasteiger partial charge is 0.458 e. The smallest absolute Gasteiger partial charge is 0.358 e. The van der Waals surface area contributed by atoms with E-state index in [9.17, 15) is 23.2 Å². The number of nitrogens with zero attached hydrogens (tertiary/aromatic N) is 2. The van der Waals surface area contributed by atoms with Crippen LogP contribution in [0.25, 0.3) is 0 Å². The highest BCUT2D eigenvalue weighted by atomic mass is 35.5. The monoisotopic (exact) mass is 541 g/mol. The number of carbonyl (C=O) groups is 3. The summed E-state index contributed by atoms with van der Waals surface area (Å²) in [5, 5.41) is 2.15. The zero-order valence-corrected chi connectivity index (χ0v) is 21.6. The van der Waals surface area contributed by atoms with Crippen LogP contribution in [0, 0.1) is 11.6 Å². The van der Waals surface area contributed by atoms with Crippen LogP contribution in [0.3, 0.4) is 0 Å². The lowest BCUT2D eigenvalue weighted by Gasteiger charge is -2.32. The summed E-state index contributed by atoms with van der Waals surface area (Å²) in [7, 11) is 0. The van der Waals surface area contributed by atoms with Gasteiger partial charge in [0.1, 0.15) is 11.4 Å². The number of likely N-dealkylation sites (tertiary alicyclic amines) is 1. The van der Waals surface area contributed by atoms with E-state index >= 15 is 0 Å². The molecule has 38 heavy (non-hydrogen) atoms. The number of hydrogen-bond acceptors (Lipinski definition) is 5. The summed E-state index contributed by atoms with van der Waals surface area (Å²) in [6, 6.07) is 12.2. The van der Waals surface area contributed by atoms with Crippen LogP contribution in [0.2, 0.25) is 5.02 Å². The predicted molar refractivity (Wildman–Crippen MR) is 138 cm³/mol. The van der Waals surface area contributed by atoms with E-state index in [1.54, 1.807) is 43.0 Å². The van der Waals surface area contributed by atoms with Crippen molar-refractivity contribution in [3.05, 3.63) is 93.8 Å². The van der Waals surface area contributed by atoms with Gasteiger partial charge in [-0.15, -0.1) is 0 Å². The molecule has 0 radical (unpaired) electrons. The maximum atomic E-state index is 14.1. The van der Waals surface area contributed by atoms with Crippen LogP contribution in [-0.4, -0.2) is 46.9 Å². The Hall–Kier alpha value is -3.85. The number of ether oxygens (including phenoxy) is 1. The molecule has 2 aromatic carbocycles. The standard InChI is InChI=1S/C28H26ClF2N3O4/c1-16(2)38-28(37)25-20(4-3-13-32-25)27(36)34-14-11-18(12-15-34)17-5-7-19(8-6-17)33-26(35)23-22(30)10-9-21(29)24(23)31/h3-10,13,16,18H,11-12,14-15H2,1-2H3,(H,33,35). The molecule has 1 aliphatic heterocycles. The molecule has 10 heteroatoms. The Labute approximate surface area is 223 Å². The third kappa shape index (κ3) is 5.99. The molecule has 0 unspecified atom stereocenters. The van der Waals surface area contributed by atoms with Crippen LogP contribution in [0.4, 0.5) is 14.5 Å². The summed E-state index contributed by atoms with van der Waals surface area (Å²) < 4.78 is 33.4. The number of hydrogen-bond donors (Lipinski definition) is 1. The number of anilines is 1. The van der Waals surface area contributed by atoms with E-state index < -0.39 is 29.1 Å². The van der Waals surface area contributed by atoms with Crippen molar-refractivity contribution in [3.8, 4) is 0 Å². The van der Waals surface area contributed by atoms with Crippen molar-refractivity contribution in [2.24, 2.45) is 0 Å². The number of nitrogens with one attached hydrogen (secondary N) is 1. The number of piperidine rings is 1. The molecule has 1 N–H and O–H groups in total. The van der Waals surface area contributed by atoms with E-state index in [4.69, 9.17) is 16.3 Å². The van der Waals surface area contributed by atoms with Gasteiger partial charge >= 0.3 is 5.97 Å². The quantitative estimate of drug-likeness (QED) is 0.312. The number of amides is 2. The molecule has 0 saturated carbocycles. The normalized spacial score (nSPS) is 13.9. The molecule has 1 aromatic heterocycles. The summed E-state index contributed by atoms with van der Waals surface area (Å²) in [5.41, 5.74) is 0.862. The fourth-order valence-corrected chi connectivity index (χ4v) is 4.52. The second-order valence-corrected chi connectivity index (χ2v) is 9.62. The van der Waals surface area contributed by atoms with Crippen molar-refractivity contribution in [1.29, 1.82) is 0 Å². The Bertz CT molecular complexity index is 1360. The second kappa shape index (κ2) is 11.7. The number of pyridine rings is 1. The van der Waals surface area contributed by atoms with Crippen LogP contribution < -0.4 is 5.32 Å². The third-order valence-corrected chi connectivity index (χ3v) is 6.56. The fourth-order valence-electron chi connectivity index (χ4n) is 4.36. The first-order valence-corrected chi connectivity index (χ1v) is 12.5. The molecule has 3 aromatic rings. The minimum absolute atomic E-state index is 0.00324. The van der Waals surface area contributed by atoms with Crippen LogP contribution in [-0.2, 0) is 4.74 Å². The number of halogens is 3. The second-order valence-electron chi connectivity index (χ2n) is 9.21. The predicted octanol–water partition coefficient (Wildman–Crippen LogP) is 5.85. The molecule has 1 saturated heterocycles. The van der Waals surface area contributed by atoms with E-state index in [0.29, 0.717) is 31.6 Å². The molecule has 7 nitrogen and oxygen atoms in total. The van der Waals surface area contributed by atoms with Gasteiger partial charge in [-0.2, -0.15) is 0 Å². The van der Waals surface area contributed by atoms with Crippen LogP contribution >= 0.6 is 11.6 Å². The summed E-state index contributed by atoms with van der Waals surface area (Å²) in [6.07, 6.45) is 2.51. The topological polar surface area (TPSA) is 88.6 Å². The first-order valence-electron chi connectivity index (χ1n) is 12.2. The van der Waals surface area contributed by atoms with Gasteiger partial charge in [-0.1, -0.05) is 23.7 Å². The molecule has 1 aliphatic rings. The van der Waals surface area contributed by atoms with Gasteiger partial charge in [-0.3, -0.25) is 9.59 Å². The molecule has 0 aliphatic carbocycles. The Morgan fingerprint density at radius 3 is 2.39 bits per heavy atom. The SMILES string of the molecule is CC(C)OC(=O)c1ncccc1C(=O)N1CCC(c2ccc(NC(=O)c3c(F)ccc(Cl)c3F)cc2)CC1. The molecular weight excluding hydrogens is 516 g/mol. The van der Waals surface area contributed by atoms with E-state index in [-0.39, 0.29) is 34.2 Å². The highest BCUT2D eigenvalue weighted by Crippen LogP contribution is 2.30. The minimum atomic E-state index is -1.11. The van der Waals surface area contributed by atoms with Gasteiger partial charge < -0.3 is 15.0 Å². The zero-order valence-electron chi connectivity index (χ0n) is 20.8. The Morgan fingerprint density at radius 1 is 1.05 bits per heavy atom. The average Bonchev–Trinajstić information content (AvgIpc) is 2.91. The van der Waals surface area contributed by atoms with Gasteiger partial charge in [0.25, 0.3) is 11.8 Å². The fraction of sp³-hybridized carbons (Fsp3) is 0.286. The third-order valence-electron chi connectivity index (χ3n) is 6.27. The summed E-state index contributed by atoms with van der Waals surface area (Å²) in [5.74, 6) is -3.78. The van der Waals surface area contributed by atoms with Crippen molar-refractivity contribution in [2.45, 2.75) is 38.7 Å². The number of benzene rings is 2. The first-order chi connectivity index (χ1) is 18.2. The molecule has 2 heterocycles. The van der Waals surface area contributed by atoms with Gasteiger partial charge in [-0.05, 0) is 74.6 Å². The molecule has 0 spiro atoms. The van der Waals surface area contributed by atoms with Gasteiger partial charge in [-0.25, -0.2) is 18.6 Å². The zero-order chi connectivity index (χ0) is 27.4. The molecule has 198 valence electrons. The maximum Gasteiger partial charge on any atom is 0.358 e. The molecule has 4 rings (SSSR count). The molecule has 0 atom stereocenters. The first kappa shape index (κ1) is 27.2. The van der Waals surface area contributed by atoms with Gasteiger partial charge in [0.15, 0.2) is 11.5 Å². The Kier molecular flexibility index (Phi) is 8.36. The number of esters is 1. The van der Waals surface area contributed by atoms with Crippen LogP contribution in [0.1, 0.15) is 69.4 Å². The van der Waals surface area contributed by atoms with E-state index in [1.165, 1.54) is 6.20 Å². The number of aromatic nitrogens is 1. The molecule has 2 amide bonds. The molecular formula is C28H26ClF2N3O4. The maximum absolute atomic E-state index is 14.1. The van der Waals surface area contributed by atoms with Crippen molar-refractivity contribution in [3.63, 3.8) is 0 Å². The summed E-state index contributed by atoms with van der Waals surface area (Å²) in [6.45, 7) is 4.44. The van der Waals surface area contributed by atoms with Gasteiger partial charge in [0.05, 0.1) is 16.7 Å². The van der Waals surface area contributed by atoms with E-state index in [1.807, 2.05) is 12.1 Å². The highest BCUT2D eigenvalue weighted by molar-refractivity contribution is 6.31. The molecule has 0 bridgehead atoms. The van der Waals surface area contributed by atoms with Gasteiger partial charge in [0, 0.05) is 25.0 Å². The lowest BCUT2D eigenvalue weighted by atomic mass is 9.89. The van der Waals surface area contributed by atoms with E-state index in [0.717, 1.165) is 17.7 Å². The summed E-state index contributed by atoms with van der Waals surface area (Å²) in [4.78, 5) is 43.7. The van der Waals surface area contributed by atoms with Crippen molar-refractivity contribution >= 4 is 35.1 Å². The van der Waals surface area contributed by atoms with E-state index in [2.05, 4.69) is 10.3 Å². The highest BCUT2D eigenvalue weighted by Gasteiger charge is 2.28.